The molecule has 3 rings (SSSR count). The van der Waals surface area contributed by atoms with Gasteiger partial charge in [0.25, 0.3) is 0 Å². The maximum atomic E-state index is 12.8. The number of anilines is 1. The molecular formula is C18H21ClN2O3. The van der Waals surface area contributed by atoms with Crippen molar-refractivity contribution in [2.75, 3.05) is 31.6 Å². The molecule has 2 unspecified atom stereocenters. The lowest BCUT2D eigenvalue weighted by molar-refractivity contribution is -0.144. The number of allylic oxidation sites excluding steroid dienone is 2. The second-order valence-corrected chi connectivity index (χ2v) is 6.47. The standard InChI is InChI=1S/C18H21ClN2O3/c19-15-7-3-4-8-16(15)20-17(22)13-5-1-2-6-14(13)18(23)21-9-11-24-12-10-21/h1-4,7-8,13-14H,5-6,9-12H2,(H,20,22). The van der Waals surface area contributed by atoms with Gasteiger partial charge in [0.2, 0.25) is 11.8 Å². The Morgan fingerprint density at radius 1 is 1.08 bits per heavy atom. The lowest BCUT2D eigenvalue weighted by atomic mass is 9.81. The Bertz CT molecular complexity index is 641. The van der Waals surface area contributed by atoms with E-state index in [2.05, 4.69) is 5.32 Å². The van der Waals surface area contributed by atoms with Gasteiger partial charge in [-0.1, -0.05) is 35.9 Å². The van der Waals surface area contributed by atoms with Gasteiger partial charge in [0.05, 0.1) is 35.8 Å². The molecule has 1 saturated heterocycles. The molecule has 0 spiro atoms. The van der Waals surface area contributed by atoms with Gasteiger partial charge in [-0.2, -0.15) is 0 Å². The van der Waals surface area contributed by atoms with Crippen molar-refractivity contribution in [3.63, 3.8) is 0 Å². The van der Waals surface area contributed by atoms with E-state index in [9.17, 15) is 9.59 Å². The van der Waals surface area contributed by atoms with Gasteiger partial charge in [-0.05, 0) is 25.0 Å². The first-order valence-electron chi connectivity index (χ1n) is 8.24. The quantitative estimate of drug-likeness (QED) is 0.854. The van der Waals surface area contributed by atoms with Crippen molar-refractivity contribution in [3.05, 3.63) is 41.4 Å². The fourth-order valence-electron chi connectivity index (χ4n) is 3.18. The predicted molar refractivity (Wildman–Crippen MR) is 92.8 cm³/mol. The van der Waals surface area contributed by atoms with E-state index >= 15 is 0 Å². The average Bonchev–Trinajstić information content (AvgIpc) is 2.63. The van der Waals surface area contributed by atoms with E-state index in [0.717, 1.165) is 0 Å². The number of halogens is 1. The SMILES string of the molecule is O=C(Nc1ccccc1Cl)C1CC=CCC1C(=O)N1CCOCC1. The molecule has 0 bridgehead atoms. The third-order valence-corrected chi connectivity index (χ3v) is 4.87. The highest BCUT2D eigenvalue weighted by atomic mass is 35.5. The van der Waals surface area contributed by atoms with Gasteiger partial charge in [-0.25, -0.2) is 0 Å². The summed E-state index contributed by atoms with van der Waals surface area (Å²) in [5, 5.41) is 3.36. The van der Waals surface area contributed by atoms with Gasteiger partial charge in [0.1, 0.15) is 0 Å². The number of nitrogens with one attached hydrogen (secondary N) is 1. The highest BCUT2D eigenvalue weighted by molar-refractivity contribution is 6.33. The van der Waals surface area contributed by atoms with Crippen LogP contribution in [0.1, 0.15) is 12.8 Å². The lowest BCUT2D eigenvalue weighted by Crippen LogP contribution is -2.47. The molecular weight excluding hydrogens is 328 g/mol. The fraction of sp³-hybridized carbons (Fsp3) is 0.444. The third-order valence-electron chi connectivity index (χ3n) is 4.54. The molecule has 24 heavy (non-hydrogen) atoms. The van der Waals surface area contributed by atoms with E-state index in [4.69, 9.17) is 16.3 Å². The predicted octanol–water partition coefficient (Wildman–Crippen LogP) is 2.72. The highest BCUT2D eigenvalue weighted by Crippen LogP contribution is 2.30. The molecule has 0 radical (unpaired) electrons. The van der Waals surface area contributed by atoms with Crippen LogP contribution in [0.5, 0.6) is 0 Å². The molecule has 0 aromatic heterocycles. The first-order chi connectivity index (χ1) is 11.7. The molecule has 1 fully saturated rings. The number of para-hydroxylation sites is 1. The largest absolute Gasteiger partial charge is 0.378 e. The van der Waals surface area contributed by atoms with Crippen LogP contribution in [0.2, 0.25) is 5.02 Å². The van der Waals surface area contributed by atoms with Gasteiger partial charge in [0, 0.05) is 13.1 Å². The second-order valence-electron chi connectivity index (χ2n) is 6.06. The zero-order chi connectivity index (χ0) is 16.9. The molecule has 6 heteroatoms. The number of carbonyl (C=O) groups is 2. The lowest BCUT2D eigenvalue weighted by Gasteiger charge is -2.34. The van der Waals surface area contributed by atoms with Crippen LogP contribution in [-0.4, -0.2) is 43.0 Å². The summed E-state index contributed by atoms with van der Waals surface area (Å²) < 4.78 is 5.30. The molecule has 1 aliphatic carbocycles. The summed E-state index contributed by atoms with van der Waals surface area (Å²) in [6.45, 7) is 2.31. The molecule has 128 valence electrons. The molecule has 2 atom stereocenters. The molecule has 1 N–H and O–H groups in total. The normalized spacial score (nSPS) is 23.8. The van der Waals surface area contributed by atoms with Crippen LogP contribution < -0.4 is 5.32 Å². The number of morpholine rings is 1. The maximum absolute atomic E-state index is 12.8. The summed E-state index contributed by atoms with van der Waals surface area (Å²) in [6, 6.07) is 7.12. The average molecular weight is 349 g/mol. The Kier molecular flexibility index (Phi) is 5.53. The van der Waals surface area contributed by atoms with Crippen LogP contribution in [0.15, 0.2) is 36.4 Å². The summed E-state index contributed by atoms with van der Waals surface area (Å²) in [5.74, 6) is -0.807. The van der Waals surface area contributed by atoms with Crippen molar-refractivity contribution in [3.8, 4) is 0 Å². The Balaban J connectivity index is 1.72. The smallest absolute Gasteiger partial charge is 0.228 e. The van der Waals surface area contributed by atoms with Gasteiger partial charge >= 0.3 is 0 Å². The highest BCUT2D eigenvalue weighted by Gasteiger charge is 2.36. The third kappa shape index (κ3) is 3.79. The van der Waals surface area contributed by atoms with Crippen molar-refractivity contribution < 1.29 is 14.3 Å². The van der Waals surface area contributed by atoms with E-state index in [1.165, 1.54) is 0 Å². The van der Waals surface area contributed by atoms with Crippen LogP contribution in [0.3, 0.4) is 0 Å². The summed E-state index contributed by atoms with van der Waals surface area (Å²) in [6.07, 6.45) is 5.12. The minimum Gasteiger partial charge on any atom is -0.378 e. The molecule has 1 heterocycles. The topological polar surface area (TPSA) is 58.6 Å². The van der Waals surface area contributed by atoms with E-state index < -0.39 is 0 Å². The minimum atomic E-state index is -0.374. The number of hydrogen-bond acceptors (Lipinski definition) is 3. The van der Waals surface area contributed by atoms with E-state index in [0.29, 0.717) is 49.9 Å². The number of hydrogen-bond donors (Lipinski definition) is 1. The molecule has 5 nitrogen and oxygen atoms in total. The second kappa shape index (κ2) is 7.81. The van der Waals surface area contributed by atoms with Gasteiger partial charge in [-0.15, -0.1) is 0 Å². The summed E-state index contributed by atoms with van der Waals surface area (Å²) in [4.78, 5) is 27.3. The molecule has 2 amide bonds. The zero-order valence-corrected chi connectivity index (χ0v) is 14.2. The molecule has 1 aromatic rings. The molecule has 0 saturated carbocycles. The van der Waals surface area contributed by atoms with Gasteiger partial charge in [0.15, 0.2) is 0 Å². The first kappa shape index (κ1) is 17.0. The van der Waals surface area contributed by atoms with Crippen molar-refractivity contribution in [1.29, 1.82) is 0 Å². The van der Waals surface area contributed by atoms with Crippen LogP contribution in [0, 0.1) is 11.8 Å². The van der Waals surface area contributed by atoms with Crippen molar-refractivity contribution in [1.82, 2.24) is 4.90 Å². The monoisotopic (exact) mass is 348 g/mol. The van der Waals surface area contributed by atoms with E-state index in [1.54, 1.807) is 12.1 Å². The zero-order valence-electron chi connectivity index (χ0n) is 13.4. The van der Waals surface area contributed by atoms with E-state index in [1.807, 2.05) is 29.2 Å². The van der Waals surface area contributed by atoms with Gasteiger partial charge < -0.3 is 15.0 Å². The van der Waals surface area contributed by atoms with Crippen LogP contribution in [-0.2, 0) is 14.3 Å². The maximum Gasteiger partial charge on any atom is 0.228 e. The first-order valence-corrected chi connectivity index (χ1v) is 8.61. The Morgan fingerprint density at radius 3 is 2.46 bits per heavy atom. The summed E-state index contributed by atoms with van der Waals surface area (Å²) in [5.41, 5.74) is 0.580. The molecule has 1 aliphatic heterocycles. The Morgan fingerprint density at radius 2 is 1.75 bits per heavy atom. The van der Waals surface area contributed by atoms with Gasteiger partial charge in [-0.3, -0.25) is 9.59 Å². The summed E-state index contributed by atoms with van der Waals surface area (Å²) >= 11 is 6.11. The molecule has 2 aliphatic rings. The number of nitrogens with zero attached hydrogens (tertiary/aromatic N) is 1. The molecule has 1 aromatic carbocycles. The van der Waals surface area contributed by atoms with Crippen LogP contribution >= 0.6 is 11.6 Å². The minimum absolute atomic E-state index is 0.0435. The van der Waals surface area contributed by atoms with E-state index in [-0.39, 0.29) is 23.7 Å². The van der Waals surface area contributed by atoms with Crippen molar-refractivity contribution in [2.45, 2.75) is 12.8 Å². The number of benzene rings is 1. The number of ether oxygens (including phenoxy) is 1. The number of rotatable bonds is 3. The Labute approximate surface area is 146 Å². The fourth-order valence-corrected chi connectivity index (χ4v) is 3.37. The van der Waals surface area contributed by atoms with Crippen LogP contribution in [0.25, 0.3) is 0 Å². The Hall–Kier alpha value is -1.85. The number of amides is 2. The number of carbonyl (C=O) groups excluding carboxylic acids is 2. The van der Waals surface area contributed by atoms with Crippen LogP contribution in [0.4, 0.5) is 5.69 Å². The van der Waals surface area contributed by atoms with Crippen molar-refractivity contribution >= 4 is 29.1 Å². The summed E-state index contributed by atoms with van der Waals surface area (Å²) in [7, 11) is 0. The van der Waals surface area contributed by atoms with Crippen molar-refractivity contribution in [2.24, 2.45) is 11.8 Å².